The van der Waals surface area contributed by atoms with Crippen LogP contribution in [-0.4, -0.2) is 19.0 Å². The van der Waals surface area contributed by atoms with Crippen molar-refractivity contribution < 1.29 is 9.47 Å². The van der Waals surface area contributed by atoms with E-state index in [1.54, 1.807) is 7.11 Å². The lowest BCUT2D eigenvalue weighted by Crippen LogP contribution is -2.16. The molecule has 25 heavy (non-hydrogen) atoms. The van der Waals surface area contributed by atoms with Crippen LogP contribution in [0.4, 0.5) is 11.4 Å². The van der Waals surface area contributed by atoms with E-state index in [1.807, 2.05) is 44.2 Å². The van der Waals surface area contributed by atoms with Crippen molar-refractivity contribution in [3.05, 3.63) is 60.2 Å². The molecule has 1 aliphatic heterocycles. The monoisotopic (exact) mass is 332 g/mol. The number of benzene rings is 3. The van der Waals surface area contributed by atoms with E-state index in [2.05, 4.69) is 29.6 Å². The molecule has 0 unspecified atom stereocenters. The highest BCUT2D eigenvalue weighted by Crippen LogP contribution is 2.37. The number of nitrogens with zero attached hydrogens (tertiary/aromatic N) is 1. The molecule has 1 aliphatic rings. The lowest BCUT2D eigenvalue weighted by Gasteiger charge is -2.20. The van der Waals surface area contributed by atoms with Gasteiger partial charge in [-0.05, 0) is 49.6 Å². The molecule has 4 heteroatoms. The van der Waals surface area contributed by atoms with Crippen molar-refractivity contribution in [3.8, 4) is 11.5 Å². The van der Waals surface area contributed by atoms with Crippen LogP contribution < -0.4 is 14.8 Å². The van der Waals surface area contributed by atoms with Crippen molar-refractivity contribution in [1.29, 1.82) is 0 Å². The second-order valence-electron chi connectivity index (χ2n) is 6.30. The average molecular weight is 332 g/mol. The first-order valence-electron chi connectivity index (χ1n) is 8.38. The first-order chi connectivity index (χ1) is 12.2. The number of hydrogen-bond acceptors (Lipinski definition) is 4. The van der Waals surface area contributed by atoms with Crippen molar-refractivity contribution in [1.82, 2.24) is 0 Å². The molecular weight excluding hydrogens is 312 g/mol. The maximum atomic E-state index is 5.80. The molecule has 126 valence electrons. The van der Waals surface area contributed by atoms with Gasteiger partial charge in [0.15, 0.2) is 11.5 Å². The van der Waals surface area contributed by atoms with Gasteiger partial charge in [0.2, 0.25) is 0 Å². The summed E-state index contributed by atoms with van der Waals surface area (Å²) in [6.45, 7) is 4.00. The number of nitrogens with one attached hydrogen (secondary N) is 1. The van der Waals surface area contributed by atoms with Crippen molar-refractivity contribution in [2.45, 2.75) is 20.0 Å². The third-order valence-corrected chi connectivity index (χ3v) is 4.17. The molecule has 0 saturated carbocycles. The third kappa shape index (κ3) is 2.80. The molecule has 0 radical (unpaired) electrons. The Hall–Kier alpha value is -3.01. The van der Waals surface area contributed by atoms with Crippen molar-refractivity contribution in [2.75, 3.05) is 12.4 Å². The fourth-order valence-electron chi connectivity index (χ4n) is 3.10. The summed E-state index contributed by atoms with van der Waals surface area (Å²) < 4.78 is 11.3. The molecule has 3 aromatic carbocycles. The van der Waals surface area contributed by atoms with Gasteiger partial charge in [0, 0.05) is 16.6 Å². The molecular formula is C21H20N2O2. The van der Waals surface area contributed by atoms with Gasteiger partial charge in [-0.3, -0.25) is 0 Å². The maximum Gasteiger partial charge on any atom is 0.161 e. The van der Waals surface area contributed by atoms with E-state index in [-0.39, 0.29) is 6.10 Å². The number of hydrogen-bond donors (Lipinski definition) is 1. The first-order valence-corrected chi connectivity index (χ1v) is 8.38. The van der Waals surface area contributed by atoms with Crippen LogP contribution in [0.5, 0.6) is 11.5 Å². The standard InChI is InChI=1S/C21H20N2O2/c1-13(2)25-18-11-10-15(12-19(18)24-3)21-22-16-8-4-6-14-7-5-9-17(23-21)20(14)16/h4-13H,1-3H3,(H,22,23). The molecule has 3 aromatic rings. The van der Waals surface area contributed by atoms with Gasteiger partial charge in [0.1, 0.15) is 5.84 Å². The lowest BCUT2D eigenvalue weighted by atomic mass is 10.0. The van der Waals surface area contributed by atoms with Crippen LogP contribution in [0.1, 0.15) is 19.4 Å². The van der Waals surface area contributed by atoms with E-state index in [4.69, 9.17) is 14.5 Å². The van der Waals surface area contributed by atoms with Crippen LogP contribution in [0.25, 0.3) is 10.8 Å². The van der Waals surface area contributed by atoms with Crippen molar-refractivity contribution in [2.24, 2.45) is 4.99 Å². The maximum absolute atomic E-state index is 5.80. The van der Waals surface area contributed by atoms with E-state index < -0.39 is 0 Å². The molecule has 0 fully saturated rings. The Balaban J connectivity index is 1.78. The summed E-state index contributed by atoms with van der Waals surface area (Å²) in [5.41, 5.74) is 3.00. The minimum absolute atomic E-state index is 0.0920. The molecule has 0 aromatic heterocycles. The van der Waals surface area contributed by atoms with Crippen LogP contribution in [0.3, 0.4) is 0 Å². The molecule has 1 N–H and O–H groups in total. The molecule has 4 nitrogen and oxygen atoms in total. The predicted octanol–water partition coefficient (Wildman–Crippen LogP) is 5.14. The van der Waals surface area contributed by atoms with Crippen LogP contribution in [0.2, 0.25) is 0 Å². The smallest absolute Gasteiger partial charge is 0.161 e. The minimum atomic E-state index is 0.0920. The number of amidine groups is 1. The zero-order valence-electron chi connectivity index (χ0n) is 14.5. The highest BCUT2D eigenvalue weighted by atomic mass is 16.5. The largest absolute Gasteiger partial charge is 0.493 e. The van der Waals surface area contributed by atoms with E-state index in [9.17, 15) is 0 Å². The van der Waals surface area contributed by atoms with E-state index in [0.717, 1.165) is 33.9 Å². The van der Waals surface area contributed by atoms with Gasteiger partial charge in [-0.25, -0.2) is 4.99 Å². The molecule has 1 heterocycles. The second-order valence-corrected chi connectivity index (χ2v) is 6.30. The highest BCUT2D eigenvalue weighted by molar-refractivity contribution is 6.19. The molecule has 0 bridgehead atoms. The summed E-state index contributed by atoms with van der Waals surface area (Å²) in [7, 11) is 1.65. The van der Waals surface area contributed by atoms with Gasteiger partial charge in [0.25, 0.3) is 0 Å². The topological polar surface area (TPSA) is 42.8 Å². The van der Waals surface area contributed by atoms with Crippen molar-refractivity contribution in [3.63, 3.8) is 0 Å². The zero-order valence-corrected chi connectivity index (χ0v) is 14.5. The van der Waals surface area contributed by atoms with Crippen LogP contribution in [0, 0.1) is 0 Å². The summed E-state index contributed by atoms with van der Waals surface area (Å²) >= 11 is 0. The molecule has 0 aliphatic carbocycles. The van der Waals surface area contributed by atoms with Gasteiger partial charge in [-0.15, -0.1) is 0 Å². The summed E-state index contributed by atoms with van der Waals surface area (Å²) in [6.07, 6.45) is 0.0920. The second kappa shape index (κ2) is 6.13. The SMILES string of the molecule is COc1cc(C2=Nc3cccc4cccc(c34)N2)ccc1OC(C)C. The highest BCUT2D eigenvalue weighted by Gasteiger charge is 2.17. The quantitative estimate of drug-likeness (QED) is 0.719. The van der Waals surface area contributed by atoms with E-state index in [0.29, 0.717) is 5.75 Å². The van der Waals surface area contributed by atoms with Crippen LogP contribution in [0.15, 0.2) is 59.6 Å². The number of aliphatic imine (C=N–C) groups is 1. The van der Waals surface area contributed by atoms with Gasteiger partial charge in [-0.2, -0.15) is 0 Å². The van der Waals surface area contributed by atoms with Gasteiger partial charge < -0.3 is 14.8 Å². The number of ether oxygens (including phenoxy) is 2. The summed E-state index contributed by atoms with van der Waals surface area (Å²) in [5.74, 6) is 2.24. The molecule has 0 atom stereocenters. The zero-order chi connectivity index (χ0) is 17.4. The Morgan fingerprint density at radius 3 is 2.52 bits per heavy atom. The molecule has 0 amide bonds. The first kappa shape index (κ1) is 15.5. The van der Waals surface area contributed by atoms with Crippen LogP contribution in [-0.2, 0) is 0 Å². The Morgan fingerprint density at radius 1 is 0.960 bits per heavy atom. The van der Waals surface area contributed by atoms with E-state index in [1.165, 1.54) is 5.39 Å². The van der Waals surface area contributed by atoms with Gasteiger partial charge >= 0.3 is 0 Å². The Labute approximate surface area is 147 Å². The number of methoxy groups -OCH3 is 1. The minimum Gasteiger partial charge on any atom is -0.493 e. The molecule has 0 saturated heterocycles. The molecule has 4 rings (SSSR count). The van der Waals surface area contributed by atoms with Gasteiger partial charge in [-0.1, -0.05) is 24.3 Å². The third-order valence-electron chi connectivity index (χ3n) is 4.17. The Bertz CT molecular complexity index is 972. The lowest BCUT2D eigenvalue weighted by molar-refractivity contribution is 0.230. The fraction of sp³-hybridized carbons (Fsp3) is 0.190. The Morgan fingerprint density at radius 2 is 1.76 bits per heavy atom. The Kier molecular flexibility index (Phi) is 3.80. The predicted molar refractivity (Wildman–Crippen MR) is 103 cm³/mol. The molecule has 0 spiro atoms. The van der Waals surface area contributed by atoms with Crippen LogP contribution >= 0.6 is 0 Å². The summed E-state index contributed by atoms with van der Waals surface area (Å²) in [6, 6.07) is 18.3. The summed E-state index contributed by atoms with van der Waals surface area (Å²) in [5, 5.41) is 5.78. The summed E-state index contributed by atoms with van der Waals surface area (Å²) in [4.78, 5) is 4.81. The van der Waals surface area contributed by atoms with E-state index >= 15 is 0 Å². The fourth-order valence-corrected chi connectivity index (χ4v) is 3.10. The average Bonchev–Trinajstić information content (AvgIpc) is 2.62. The van der Waals surface area contributed by atoms with Gasteiger partial charge in [0.05, 0.1) is 18.9 Å². The number of rotatable bonds is 4. The van der Waals surface area contributed by atoms with Crippen molar-refractivity contribution >= 4 is 28.0 Å². The normalized spacial score (nSPS) is 12.7. The number of anilines is 1.